The predicted octanol–water partition coefficient (Wildman–Crippen LogP) is 3.22. The summed E-state index contributed by atoms with van der Waals surface area (Å²) in [4.78, 5) is 0. The van der Waals surface area contributed by atoms with Gasteiger partial charge in [-0.05, 0) is 6.04 Å². The van der Waals surface area contributed by atoms with Crippen molar-refractivity contribution in [3.05, 3.63) is 12.7 Å². The summed E-state index contributed by atoms with van der Waals surface area (Å²) in [6.45, 7) is 8.38. The second-order valence-corrected chi connectivity index (χ2v) is 6.33. The molecule has 0 nitrogen and oxygen atoms in total. The van der Waals surface area contributed by atoms with Gasteiger partial charge in [0.05, 0.1) is 0 Å². The Balaban J connectivity index is 3.38. The molecule has 60 valence electrons. The minimum absolute atomic E-state index is 0.352. The van der Waals surface area contributed by atoms with E-state index in [-0.39, 0.29) is 8.80 Å². The second-order valence-electron chi connectivity index (χ2n) is 2.97. The Morgan fingerprint density at radius 1 is 1.20 bits per heavy atom. The molecule has 0 aliphatic carbocycles. The van der Waals surface area contributed by atoms with E-state index >= 15 is 0 Å². The van der Waals surface area contributed by atoms with Gasteiger partial charge in [0.25, 0.3) is 0 Å². The fraction of sp³-hybridized carbons (Fsp3) is 0.778. The normalized spacial score (nSPS) is 10.3. The number of hydrogen-bond donors (Lipinski definition) is 0. The summed E-state index contributed by atoms with van der Waals surface area (Å²) in [6.07, 6.45) is 4.87. The van der Waals surface area contributed by atoms with Gasteiger partial charge in [0, 0.05) is 8.80 Å². The lowest BCUT2D eigenvalue weighted by molar-refractivity contribution is 0.999. The lowest BCUT2D eigenvalue weighted by atomic mass is 10.6. The van der Waals surface area contributed by atoms with E-state index in [4.69, 9.17) is 0 Å². The molecule has 0 radical (unpaired) electrons. The zero-order chi connectivity index (χ0) is 7.82. The Bertz CT molecular complexity index is 72.8. The van der Waals surface area contributed by atoms with Crippen molar-refractivity contribution in [3.8, 4) is 0 Å². The van der Waals surface area contributed by atoms with Crippen LogP contribution in [-0.2, 0) is 0 Å². The predicted molar refractivity (Wildman–Crippen MR) is 52.3 cm³/mol. The van der Waals surface area contributed by atoms with Gasteiger partial charge in [-0.1, -0.05) is 44.9 Å². The van der Waals surface area contributed by atoms with Gasteiger partial charge < -0.3 is 0 Å². The van der Waals surface area contributed by atoms with Crippen molar-refractivity contribution in [2.45, 2.75) is 44.8 Å². The van der Waals surface area contributed by atoms with E-state index < -0.39 is 0 Å². The first-order chi connectivity index (χ1) is 4.85. The van der Waals surface area contributed by atoms with Crippen molar-refractivity contribution in [1.82, 2.24) is 0 Å². The molecule has 0 amide bonds. The van der Waals surface area contributed by atoms with Crippen LogP contribution in [0.25, 0.3) is 0 Å². The zero-order valence-electron chi connectivity index (χ0n) is 7.40. The molecular formula is C9H20Si. The Labute approximate surface area is 66.9 Å². The summed E-state index contributed by atoms with van der Waals surface area (Å²) in [6, 6.07) is 4.38. The van der Waals surface area contributed by atoms with Gasteiger partial charge >= 0.3 is 0 Å². The standard InChI is InChI=1S/C9H20Si/c1-4-7-10(8-5-2)9-6-3/h4,10H,1,5-9H2,2-3H3. The molecule has 0 rings (SSSR count). The third kappa shape index (κ3) is 4.80. The van der Waals surface area contributed by atoms with Crippen LogP contribution < -0.4 is 0 Å². The molecule has 0 heterocycles. The third-order valence-corrected chi connectivity index (χ3v) is 5.68. The van der Waals surface area contributed by atoms with Crippen LogP contribution in [-0.4, -0.2) is 8.80 Å². The molecule has 0 aromatic carbocycles. The molecular weight excluding hydrogens is 136 g/mol. The average molecular weight is 156 g/mol. The summed E-state index contributed by atoms with van der Waals surface area (Å²) in [5.74, 6) is 0. The molecule has 0 saturated heterocycles. The monoisotopic (exact) mass is 156 g/mol. The highest BCUT2D eigenvalue weighted by atomic mass is 28.3. The van der Waals surface area contributed by atoms with Crippen molar-refractivity contribution < 1.29 is 0 Å². The summed E-state index contributed by atoms with van der Waals surface area (Å²) < 4.78 is 0. The highest BCUT2D eigenvalue weighted by Gasteiger charge is 2.04. The van der Waals surface area contributed by atoms with Crippen LogP contribution in [0.2, 0.25) is 18.1 Å². The average Bonchev–Trinajstić information content (AvgIpc) is 1.90. The molecule has 0 atom stereocenters. The molecule has 0 saturated carbocycles. The fourth-order valence-electron chi connectivity index (χ4n) is 1.43. The van der Waals surface area contributed by atoms with Crippen LogP contribution in [0.1, 0.15) is 26.7 Å². The molecule has 10 heavy (non-hydrogen) atoms. The van der Waals surface area contributed by atoms with Crippen LogP contribution in [0.3, 0.4) is 0 Å². The molecule has 0 bridgehead atoms. The first-order valence-corrected chi connectivity index (χ1v) is 6.90. The molecule has 0 spiro atoms. The van der Waals surface area contributed by atoms with Crippen molar-refractivity contribution in [2.75, 3.05) is 0 Å². The van der Waals surface area contributed by atoms with Gasteiger partial charge in [-0.2, -0.15) is 0 Å². The number of hydrogen-bond acceptors (Lipinski definition) is 0. The highest BCUT2D eigenvalue weighted by molar-refractivity contribution is 6.59. The summed E-state index contributed by atoms with van der Waals surface area (Å²) in [7, 11) is -0.352. The maximum absolute atomic E-state index is 3.80. The van der Waals surface area contributed by atoms with Gasteiger partial charge in [-0.25, -0.2) is 0 Å². The Morgan fingerprint density at radius 2 is 1.70 bits per heavy atom. The molecule has 0 fully saturated rings. The third-order valence-electron chi connectivity index (χ3n) is 1.89. The van der Waals surface area contributed by atoms with Gasteiger partial charge in [0.15, 0.2) is 0 Å². The second kappa shape index (κ2) is 7.07. The van der Waals surface area contributed by atoms with E-state index in [1.807, 2.05) is 0 Å². The first kappa shape index (κ1) is 9.96. The smallest absolute Gasteiger partial charge is 0.0405 e. The lowest BCUT2D eigenvalue weighted by Crippen LogP contribution is -2.08. The highest BCUT2D eigenvalue weighted by Crippen LogP contribution is 2.10. The topological polar surface area (TPSA) is 0 Å². The number of rotatable bonds is 6. The van der Waals surface area contributed by atoms with Crippen LogP contribution in [0.5, 0.6) is 0 Å². The van der Waals surface area contributed by atoms with Crippen LogP contribution in [0.15, 0.2) is 12.7 Å². The number of allylic oxidation sites excluding steroid dienone is 1. The quantitative estimate of drug-likeness (QED) is 0.409. The maximum atomic E-state index is 3.80. The van der Waals surface area contributed by atoms with E-state index in [2.05, 4.69) is 26.5 Å². The van der Waals surface area contributed by atoms with E-state index in [1.165, 1.54) is 31.0 Å². The zero-order valence-corrected chi connectivity index (χ0v) is 8.55. The van der Waals surface area contributed by atoms with Crippen molar-refractivity contribution in [2.24, 2.45) is 0 Å². The Kier molecular flexibility index (Phi) is 7.04. The van der Waals surface area contributed by atoms with Crippen molar-refractivity contribution in [1.29, 1.82) is 0 Å². The first-order valence-electron chi connectivity index (χ1n) is 4.46. The molecule has 0 unspecified atom stereocenters. The SMILES string of the molecule is C=CC[SiH](CCC)CCC. The fourth-order valence-corrected chi connectivity index (χ4v) is 4.30. The molecule has 1 heteroatoms. The van der Waals surface area contributed by atoms with Crippen LogP contribution in [0, 0.1) is 0 Å². The van der Waals surface area contributed by atoms with Crippen LogP contribution in [0.4, 0.5) is 0 Å². The minimum atomic E-state index is -0.352. The molecule has 0 aliphatic heterocycles. The van der Waals surface area contributed by atoms with Gasteiger partial charge in [0.2, 0.25) is 0 Å². The van der Waals surface area contributed by atoms with Crippen molar-refractivity contribution >= 4 is 8.80 Å². The molecule has 0 aliphatic rings. The van der Waals surface area contributed by atoms with Gasteiger partial charge in [-0.15, -0.1) is 6.58 Å². The van der Waals surface area contributed by atoms with Gasteiger partial charge in [0.1, 0.15) is 0 Å². The molecule has 0 aromatic rings. The summed E-state index contributed by atoms with van der Waals surface area (Å²) in [5.41, 5.74) is 0. The van der Waals surface area contributed by atoms with E-state index in [0.717, 1.165) is 0 Å². The Morgan fingerprint density at radius 3 is 2.00 bits per heavy atom. The van der Waals surface area contributed by atoms with E-state index in [9.17, 15) is 0 Å². The van der Waals surface area contributed by atoms with Crippen LogP contribution >= 0.6 is 0 Å². The lowest BCUT2D eigenvalue weighted by Gasteiger charge is -2.09. The largest absolute Gasteiger partial charge is 0.103 e. The summed E-state index contributed by atoms with van der Waals surface area (Å²) >= 11 is 0. The molecule has 0 N–H and O–H groups in total. The summed E-state index contributed by atoms with van der Waals surface area (Å²) in [5, 5.41) is 0. The maximum Gasteiger partial charge on any atom is 0.0405 e. The van der Waals surface area contributed by atoms with E-state index in [1.54, 1.807) is 0 Å². The Hall–Kier alpha value is -0.0431. The minimum Gasteiger partial charge on any atom is -0.103 e. The van der Waals surface area contributed by atoms with Gasteiger partial charge in [-0.3, -0.25) is 0 Å². The van der Waals surface area contributed by atoms with Crippen molar-refractivity contribution in [3.63, 3.8) is 0 Å². The van der Waals surface area contributed by atoms with E-state index in [0.29, 0.717) is 0 Å². The molecule has 0 aromatic heterocycles.